The monoisotopic (exact) mass is 318 g/mol. The molecule has 124 valence electrons. The zero-order chi connectivity index (χ0) is 16.2. The van der Waals surface area contributed by atoms with Gasteiger partial charge in [0, 0.05) is 25.6 Å². The van der Waals surface area contributed by atoms with Gasteiger partial charge in [-0.1, -0.05) is 18.6 Å². The van der Waals surface area contributed by atoms with E-state index in [-0.39, 0.29) is 30.2 Å². The van der Waals surface area contributed by atoms with Gasteiger partial charge in [0.2, 0.25) is 11.8 Å². The highest BCUT2D eigenvalue weighted by Gasteiger charge is 2.33. The van der Waals surface area contributed by atoms with Gasteiger partial charge in [0.25, 0.3) is 0 Å². The molecule has 23 heavy (non-hydrogen) atoms. The summed E-state index contributed by atoms with van der Waals surface area (Å²) in [6.07, 6.45) is 5.53. The van der Waals surface area contributed by atoms with Crippen LogP contribution in [0.3, 0.4) is 0 Å². The molecule has 1 aliphatic heterocycles. The van der Waals surface area contributed by atoms with Crippen LogP contribution in [0.1, 0.15) is 44.1 Å². The van der Waals surface area contributed by atoms with E-state index in [0.717, 1.165) is 37.7 Å². The van der Waals surface area contributed by atoms with Crippen molar-refractivity contribution in [3.63, 3.8) is 0 Å². The van der Waals surface area contributed by atoms with Crippen molar-refractivity contribution in [3.05, 3.63) is 35.6 Å². The van der Waals surface area contributed by atoms with E-state index in [2.05, 4.69) is 0 Å². The number of carbonyl (C=O) groups excluding carboxylic acids is 2. The standard InChI is InChI=1S/C18H23FN2O2/c19-15-7-5-14(6-8-15)12-21(16-9-10-16)18(23)13-20-11-3-1-2-4-17(20)22/h5-8,16H,1-4,9-13H2. The van der Waals surface area contributed by atoms with Crippen LogP contribution >= 0.6 is 0 Å². The molecule has 2 amide bonds. The summed E-state index contributed by atoms with van der Waals surface area (Å²) in [5.74, 6) is -0.173. The van der Waals surface area contributed by atoms with E-state index >= 15 is 0 Å². The molecule has 1 saturated heterocycles. The van der Waals surface area contributed by atoms with Crippen LogP contribution in [0.25, 0.3) is 0 Å². The summed E-state index contributed by atoms with van der Waals surface area (Å²) in [5, 5.41) is 0. The minimum absolute atomic E-state index is 0.00655. The topological polar surface area (TPSA) is 40.6 Å². The Labute approximate surface area is 136 Å². The molecule has 1 aromatic carbocycles. The fourth-order valence-corrected chi connectivity index (χ4v) is 3.05. The van der Waals surface area contributed by atoms with E-state index in [1.807, 2.05) is 4.90 Å². The largest absolute Gasteiger partial charge is 0.334 e. The van der Waals surface area contributed by atoms with Gasteiger partial charge < -0.3 is 9.80 Å². The average molecular weight is 318 g/mol. The lowest BCUT2D eigenvalue weighted by molar-refractivity contribution is -0.140. The minimum atomic E-state index is -0.270. The molecular formula is C18H23FN2O2. The molecule has 1 aromatic rings. The van der Waals surface area contributed by atoms with E-state index in [1.165, 1.54) is 12.1 Å². The number of hydrogen-bond donors (Lipinski definition) is 0. The maximum atomic E-state index is 13.0. The van der Waals surface area contributed by atoms with Crippen LogP contribution in [0.4, 0.5) is 4.39 Å². The van der Waals surface area contributed by atoms with Crippen molar-refractivity contribution in [1.82, 2.24) is 9.80 Å². The third-order valence-corrected chi connectivity index (χ3v) is 4.57. The van der Waals surface area contributed by atoms with Gasteiger partial charge in [-0.2, -0.15) is 0 Å². The van der Waals surface area contributed by atoms with Crippen molar-refractivity contribution in [1.29, 1.82) is 0 Å². The van der Waals surface area contributed by atoms with Crippen molar-refractivity contribution in [3.8, 4) is 0 Å². The van der Waals surface area contributed by atoms with Crippen molar-refractivity contribution >= 4 is 11.8 Å². The van der Waals surface area contributed by atoms with Gasteiger partial charge in [0.15, 0.2) is 0 Å². The first kappa shape index (κ1) is 16.0. The Morgan fingerprint density at radius 2 is 1.91 bits per heavy atom. The Hall–Kier alpha value is -1.91. The van der Waals surface area contributed by atoms with Gasteiger partial charge in [-0.05, 0) is 43.4 Å². The number of rotatable bonds is 5. The number of likely N-dealkylation sites (tertiary alicyclic amines) is 1. The molecule has 0 bridgehead atoms. The molecule has 0 N–H and O–H groups in total. The molecule has 0 atom stereocenters. The Morgan fingerprint density at radius 3 is 2.61 bits per heavy atom. The summed E-state index contributed by atoms with van der Waals surface area (Å²) >= 11 is 0. The third-order valence-electron chi connectivity index (χ3n) is 4.57. The summed E-state index contributed by atoms with van der Waals surface area (Å²) in [4.78, 5) is 28.3. The molecule has 2 aliphatic rings. The van der Waals surface area contributed by atoms with Crippen molar-refractivity contribution in [2.75, 3.05) is 13.1 Å². The van der Waals surface area contributed by atoms with Crippen LogP contribution in [-0.4, -0.2) is 40.7 Å². The van der Waals surface area contributed by atoms with Crippen LogP contribution < -0.4 is 0 Å². The number of halogens is 1. The highest BCUT2D eigenvalue weighted by atomic mass is 19.1. The third kappa shape index (κ3) is 4.30. The van der Waals surface area contributed by atoms with Gasteiger partial charge >= 0.3 is 0 Å². The van der Waals surface area contributed by atoms with Crippen molar-refractivity contribution < 1.29 is 14.0 Å². The SMILES string of the molecule is O=C1CCCCCN1CC(=O)N(Cc1ccc(F)cc1)C1CC1. The lowest BCUT2D eigenvalue weighted by Gasteiger charge is -2.27. The zero-order valence-electron chi connectivity index (χ0n) is 13.3. The van der Waals surface area contributed by atoms with Gasteiger partial charge in [-0.15, -0.1) is 0 Å². The maximum absolute atomic E-state index is 13.0. The highest BCUT2D eigenvalue weighted by molar-refractivity contribution is 5.85. The molecule has 5 heteroatoms. The van der Waals surface area contributed by atoms with Crippen molar-refractivity contribution in [2.45, 2.75) is 51.1 Å². The van der Waals surface area contributed by atoms with Gasteiger partial charge in [-0.3, -0.25) is 9.59 Å². The van der Waals surface area contributed by atoms with Crippen LogP contribution in [0, 0.1) is 5.82 Å². The Morgan fingerprint density at radius 1 is 1.17 bits per heavy atom. The number of hydrogen-bond acceptors (Lipinski definition) is 2. The quantitative estimate of drug-likeness (QED) is 0.837. The molecular weight excluding hydrogens is 295 g/mol. The van der Waals surface area contributed by atoms with E-state index in [1.54, 1.807) is 17.0 Å². The number of benzene rings is 1. The molecule has 1 heterocycles. The van der Waals surface area contributed by atoms with Crippen LogP contribution in [0.5, 0.6) is 0 Å². The maximum Gasteiger partial charge on any atom is 0.242 e. The second kappa shape index (κ2) is 7.11. The fourth-order valence-electron chi connectivity index (χ4n) is 3.05. The molecule has 0 radical (unpaired) electrons. The molecule has 0 aromatic heterocycles. The molecule has 1 saturated carbocycles. The van der Waals surface area contributed by atoms with Crippen molar-refractivity contribution in [2.24, 2.45) is 0 Å². The van der Waals surface area contributed by atoms with Gasteiger partial charge in [0.05, 0.1) is 6.54 Å². The number of nitrogens with zero attached hydrogens (tertiary/aromatic N) is 2. The van der Waals surface area contributed by atoms with Crippen LogP contribution in [-0.2, 0) is 16.1 Å². The smallest absolute Gasteiger partial charge is 0.242 e. The average Bonchev–Trinajstić information content (AvgIpc) is 3.37. The first-order valence-corrected chi connectivity index (χ1v) is 8.45. The molecule has 1 aliphatic carbocycles. The first-order chi connectivity index (χ1) is 11.1. The van der Waals surface area contributed by atoms with E-state index in [9.17, 15) is 14.0 Å². The molecule has 3 rings (SSSR count). The predicted octanol–water partition coefficient (Wildman–Crippen LogP) is 2.72. The summed E-state index contributed by atoms with van der Waals surface area (Å²) in [6, 6.07) is 6.55. The lowest BCUT2D eigenvalue weighted by atomic mass is 10.2. The molecule has 4 nitrogen and oxygen atoms in total. The molecule has 0 unspecified atom stereocenters. The number of amides is 2. The normalized spacial score (nSPS) is 18.7. The van der Waals surface area contributed by atoms with E-state index in [0.29, 0.717) is 19.5 Å². The minimum Gasteiger partial charge on any atom is -0.334 e. The number of carbonyl (C=O) groups is 2. The second-order valence-electron chi connectivity index (χ2n) is 6.51. The fraction of sp³-hybridized carbons (Fsp3) is 0.556. The van der Waals surface area contributed by atoms with E-state index in [4.69, 9.17) is 0 Å². The molecule has 2 fully saturated rings. The predicted molar refractivity (Wildman–Crippen MR) is 85.0 cm³/mol. The lowest BCUT2D eigenvalue weighted by Crippen LogP contribution is -2.43. The van der Waals surface area contributed by atoms with E-state index < -0.39 is 0 Å². The zero-order valence-corrected chi connectivity index (χ0v) is 13.3. The van der Waals surface area contributed by atoms with Crippen LogP contribution in [0.15, 0.2) is 24.3 Å². The Bertz CT molecular complexity index is 569. The van der Waals surface area contributed by atoms with Gasteiger partial charge in [0.1, 0.15) is 5.82 Å². The summed E-state index contributed by atoms with van der Waals surface area (Å²) in [7, 11) is 0. The van der Waals surface area contributed by atoms with Crippen LogP contribution in [0.2, 0.25) is 0 Å². The second-order valence-corrected chi connectivity index (χ2v) is 6.51. The Balaban J connectivity index is 1.64. The highest BCUT2D eigenvalue weighted by Crippen LogP contribution is 2.29. The first-order valence-electron chi connectivity index (χ1n) is 8.45. The van der Waals surface area contributed by atoms with Gasteiger partial charge in [-0.25, -0.2) is 4.39 Å². The summed E-state index contributed by atoms with van der Waals surface area (Å²) < 4.78 is 13.0. The Kier molecular flexibility index (Phi) is 4.94. The summed E-state index contributed by atoms with van der Waals surface area (Å²) in [5.41, 5.74) is 0.925. The molecule has 0 spiro atoms. The summed E-state index contributed by atoms with van der Waals surface area (Å²) in [6.45, 7) is 1.35.